The maximum absolute atomic E-state index is 12.7. The van der Waals surface area contributed by atoms with Gasteiger partial charge in [0.15, 0.2) is 11.5 Å². The Morgan fingerprint density at radius 1 is 1.04 bits per heavy atom. The van der Waals surface area contributed by atoms with Gasteiger partial charge in [0.05, 0.1) is 26.2 Å². The SMILES string of the molecule is CCOc1cc(C(=O)Nc2nnc(CCC(=O)O)s2)cc(OCC)c1OCC. The molecule has 10 heteroatoms. The molecule has 0 saturated heterocycles. The van der Waals surface area contributed by atoms with Crippen LogP contribution < -0.4 is 19.5 Å². The van der Waals surface area contributed by atoms with Gasteiger partial charge in [-0.15, -0.1) is 10.2 Å². The molecule has 0 aliphatic carbocycles. The number of nitrogens with one attached hydrogen (secondary N) is 1. The molecule has 2 N–H and O–H groups in total. The molecule has 0 spiro atoms. The number of carboxylic acid groups (broad SMARTS) is 1. The van der Waals surface area contributed by atoms with Gasteiger partial charge in [0.1, 0.15) is 5.01 Å². The summed E-state index contributed by atoms with van der Waals surface area (Å²) in [5.41, 5.74) is 0.317. The Bertz CT molecular complexity index is 796. The molecule has 1 amide bonds. The van der Waals surface area contributed by atoms with Crippen LogP contribution in [0, 0.1) is 0 Å². The lowest BCUT2D eigenvalue weighted by molar-refractivity contribution is -0.136. The molecule has 0 fully saturated rings. The van der Waals surface area contributed by atoms with E-state index in [2.05, 4.69) is 15.5 Å². The van der Waals surface area contributed by atoms with Gasteiger partial charge in [-0.1, -0.05) is 11.3 Å². The zero-order valence-electron chi connectivity index (χ0n) is 16.0. The van der Waals surface area contributed by atoms with E-state index in [0.717, 1.165) is 11.3 Å². The highest BCUT2D eigenvalue weighted by Gasteiger charge is 2.19. The maximum atomic E-state index is 12.7. The third-order valence-electron chi connectivity index (χ3n) is 3.41. The number of anilines is 1. The van der Waals surface area contributed by atoms with Crippen LogP contribution >= 0.6 is 11.3 Å². The topological polar surface area (TPSA) is 120 Å². The van der Waals surface area contributed by atoms with E-state index in [4.69, 9.17) is 19.3 Å². The van der Waals surface area contributed by atoms with Crippen LogP contribution in [0.3, 0.4) is 0 Å². The summed E-state index contributed by atoms with van der Waals surface area (Å²) in [5.74, 6) is -0.0395. The highest BCUT2D eigenvalue weighted by molar-refractivity contribution is 7.15. The lowest BCUT2D eigenvalue weighted by Crippen LogP contribution is -2.13. The largest absolute Gasteiger partial charge is 0.490 e. The molecule has 0 aliphatic rings. The van der Waals surface area contributed by atoms with Gasteiger partial charge in [-0.2, -0.15) is 0 Å². The fraction of sp³-hybridized carbons (Fsp3) is 0.444. The molecule has 9 nitrogen and oxygen atoms in total. The van der Waals surface area contributed by atoms with Gasteiger partial charge < -0.3 is 19.3 Å². The molecule has 1 heterocycles. The van der Waals surface area contributed by atoms with Gasteiger partial charge in [0, 0.05) is 12.0 Å². The quantitative estimate of drug-likeness (QED) is 0.581. The molecule has 2 rings (SSSR count). The minimum absolute atomic E-state index is 0.0447. The number of aliphatic carboxylic acids is 1. The van der Waals surface area contributed by atoms with E-state index in [1.807, 2.05) is 20.8 Å². The van der Waals surface area contributed by atoms with Crippen LogP contribution in [-0.2, 0) is 11.2 Å². The highest BCUT2D eigenvalue weighted by atomic mass is 32.1. The number of carbonyl (C=O) groups excluding carboxylic acids is 1. The molecule has 28 heavy (non-hydrogen) atoms. The zero-order chi connectivity index (χ0) is 20.5. The van der Waals surface area contributed by atoms with Crippen LogP contribution in [0.2, 0.25) is 0 Å². The van der Waals surface area contributed by atoms with Crippen molar-refractivity contribution in [1.29, 1.82) is 0 Å². The van der Waals surface area contributed by atoms with Crippen molar-refractivity contribution >= 4 is 28.3 Å². The van der Waals surface area contributed by atoms with Crippen LogP contribution in [0.4, 0.5) is 5.13 Å². The normalized spacial score (nSPS) is 10.4. The number of carbonyl (C=O) groups is 2. The predicted octanol–water partition coefficient (Wildman–Crippen LogP) is 3.00. The number of rotatable bonds is 11. The molecule has 0 unspecified atom stereocenters. The van der Waals surface area contributed by atoms with E-state index in [1.165, 1.54) is 0 Å². The second-order valence-electron chi connectivity index (χ2n) is 5.45. The fourth-order valence-electron chi connectivity index (χ4n) is 2.31. The average molecular weight is 409 g/mol. The lowest BCUT2D eigenvalue weighted by atomic mass is 10.1. The maximum Gasteiger partial charge on any atom is 0.303 e. The number of amides is 1. The van der Waals surface area contributed by atoms with Crippen molar-refractivity contribution in [2.24, 2.45) is 0 Å². The summed E-state index contributed by atoms with van der Waals surface area (Å²) in [4.78, 5) is 23.3. The van der Waals surface area contributed by atoms with Crippen molar-refractivity contribution in [3.8, 4) is 17.2 Å². The smallest absolute Gasteiger partial charge is 0.303 e. The molecule has 152 valence electrons. The molecule has 0 atom stereocenters. The van der Waals surface area contributed by atoms with Crippen molar-refractivity contribution in [2.75, 3.05) is 25.1 Å². The summed E-state index contributed by atoms with van der Waals surface area (Å²) < 4.78 is 16.8. The molecule has 0 bridgehead atoms. The summed E-state index contributed by atoms with van der Waals surface area (Å²) in [6.07, 6.45) is 0.214. The van der Waals surface area contributed by atoms with Gasteiger partial charge in [-0.3, -0.25) is 14.9 Å². The summed E-state index contributed by atoms with van der Waals surface area (Å²) in [6, 6.07) is 3.16. The fourth-order valence-corrected chi connectivity index (χ4v) is 3.04. The van der Waals surface area contributed by atoms with Gasteiger partial charge >= 0.3 is 5.97 Å². The van der Waals surface area contributed by atoms with Gasteiger partial charge in [-0.05, 0) is 32.9 Å². The molecular weight excluding hydrogens is 386 g/mol. The van der Waals surface area contributed by atoms with E-state index in [-0.39, 0.29) is 18.0 Å². The van der Waals surface area contributed by atoms with Crippen LogP contribution in [0.1, 0.15) is 42.6 Å². The Morgan fingerprint density at radius 3 is 2.18 bits per heavy atom. The van der Waals surface area contributed by atoms with Gasteiger partial charge in [0.2, 0.25) is 10.9 Å². The van der Waals surface area contributed by atoms with Crippen molar-refractivity contribution < 1.29 is 28.9 Å². The van der Waals surface area contributed by atoms with E-state index >= 15 is 0 Å². The van der Waals surface area contributed by atoms with Gasteiger partial charge in [0.25, 0.3) is 5.91 Å². The van der Waals surface area contributed by atoms with Crippen LogP contribution in [0.15, 0.2) is 12.1 Å². The minimum atomic E-state index is -0.915. The molecule has 0 saturated carbocycles. The number of aryl methyl sites for hydroxylation is 1. The number of aromatic nitrogens is 2. The number of ether oxygens (including phenoxy) is 3. The second-order valence-corrected chi connectivity index (χ2v) is 6.51. The van der Waals surface area contributed by atoms with Crippen LogP contribution in [0.25, 0.3) is 0 Å². The predicted molar refractivity (Wildman–Crippen MR) is 104 cm³/mol. The molecule has 0 aliphatic heterocycles. The third-order valence-corrected chi connectivity index (χ3v) is 4.31. The van der Waals surface area contributed by atoms with E-state index < -0.39 is 11.9 Å². The average Bonchev–Trinajstić information content (AvgIpc) is 3.10. The van der Waals surface area contributed by atoms with E-state index in [0.29, 0.717) is 47.6 Å². The first kappa shape index (κ1) is 21.4. The number of carboxylic acids is 1. The van der Waals surface area contributed by atoms with Gasteiger partial charge in [-0.25, -0.2) is 0 Å². The molecule has 2 aromatic rings. The molecule has 1 aromatic heterocycles. The number of nitrogens with zero attached hydrogens (tertiary/aromatic N) is 2. The molecular formula is C18H23N3O6S. The number of hydrogen-bond donors (Lipinski definition) is 2. The Morgan fingerprint density at radius 2 is 1.64 bits per heavy atom. The van der Waals surface area contributed by atoms with Crippen LogP contribution in [-0.4, -0.2) is 47.0 Å². The summed E-state index contributed by atoms with van der Waals surface area (Å²) in [6.45, 7) is 6.75. The number of hydrogen-bond acceptors (Lipinski definition) is 8. The van der Waals surface area contributed by atoms with Crippen molar-refractivity contribution in [2.45, 2.75) is 33.6 Å². The molecule has 1 aromatic carbocycles. The zero-order valence-corrected chi connectivity index (χ0v) is 16.8. The van der Waals surface area contributed by atoms with E-state index in [9.17, 15) is 9.59 Å². The Balaban J connectivity index is 2.23. The standard InChI is InChI=1S/C18H23N3O6S/c1-4-25-12-9-11(10-13(26-5-2)16(12)27-6-3)17(24)19-18-21-20-14(28-18)7-8-15(22)23/h9-10H,4-8H2,1-3H3,(H,22,23)(H,19,21,24). The third kappa shape index (κ3) is 5.81. The van der Waals surface area contributed by atoms with Crippen molar-refractivity contribution in [3.05, 3.63) is 22.7 Å². The summed E-state index contributed by atoms with van der Waals surface area (Å²) in [7, 11) is 0. The monoisotopic (exact) mass is 409 g/mol. The van der Waals surface area contributed by atoms with Crippen molar-refractivity contribution in [1.82, 2.24) is 10.2 Å². The lowest BCUT2D eigenvalue weighted by Gasteiger charge is -2.16. The Labute approximate surface area is 166 Å². The Kier molecular flexibility index (Phi) is 8.00. The second kappa shape index (κ2) is 10.5. The molecule has 0 radical (unpaired) electrons. The first-order valence-corrected chi connectivity index (χ1v) is 9.72. The highest BCUT2D eigenvalue weighted by Crippen LogP contribution is 2.39. The minimum Gasteiger partial charge on any atom is -0.490 e. The van der Waals surface area contributed by atoms with E-state index in [1.54, 1.807) is 12.1 Å². The first-order chi connectivity index (χ1) is 13.5. The van der Waals surface area contributed by atoms with Crippen molar-refractivity contribution in [3.63, 3.8) is 0 Å². The van der Waals surface area contributed by atoms with Crippen LogP contribution in [0.5, 0.6) is 17.2 Å². The summed E-state index contributed by atoms with van der Waals surface area (Å²) >= 11 is 1.13. The first-order valence-electron chi connectivity index (χ1n) is 8.90. The summed E-state index contributed by atoms with van der Waals surface area (Å²) in [5, 5.41) is 20.0. The number of benzene rings is 1. The Hall–Kier alpha value is -2.88.